The highest BCUT2D eigenvalue weighted by molar-refractivity contribution is 14.1. The first-order valence-corrected chi connectivity index (χ1v) is 9.74. The van der Waals surface area contributed by atoms with E-state index in [1.165, 1.54) is 0 Å². The predicted octanol–water partition coefficient (Wildman–Crippen LogP) is 3.52. The Morgan fingerprint density at radius 1 is 1.33 bits per heavy atom. The van der Waals surface area contributed by atoms with Crippen molar-refractivity contribution in [1.82, 2.24) is 0 Å². The summed E-state index contributed by atoms with van der Waals surface area (Å²) >= 11 is 7.90. The standard InChI is InChI=1S/C13H14ClIN2O3S/c1-8-11(4-5-13(8)18)16-12-6-9(2-3-10(12)14)17-21(19,20)7-15/h2-3,6,16-17H,4-5,7H2,1H3. The molecule has 1 aliphatic rings. The fourth-order valence-electron chi connectivity index (χ4n) is 1.99. The molecule has 0 aliphatic heterocycles. The molecule has 2 N–H and O–H groups in total. The zero-order valence-corrected chi connectivity index (χ0v) is 15.0. The van der Waals surface area contributed by atoms with E-state index in [0.29, 0.717) is 34.8 Å². The normalized spacial score (nSPS) is 15.5. The van der Waals surface area contributed by atoms with Gasteiger partial charge in [0.15, 0.2) is 5.78 Å². The van der Waals surface area contributed by atoms with Gasteiger partial charge in [0.25, 0.3) is 0 Å². The minimum Gasteiger partial charge on any atom is -0.357 e. The van der Waals surface area contributed by atoms with Crippen LogP contribution >= 0.6 is 34.2 Å². The van der Waals surface area contributed by atoms with Gasteiger partial charge in [-0.2, -0.15) is 0 Å². The Kier molecular flexibility index (Phi) is 5.15. The van der Waals surface area contributed by atoms with Gasteiger partial charge in [-0.05, 0) is 31.5 Å². The molecular weight excluding hydrogens is 427 g/mol. The van der Waals surface area contributed by atoms with Crippen molar-refractivity contribution in [2.24, 2.45) is 0 Å². The number of carbonyl (C=O) groups is 1. The second-order valence-corrected chi connectivity index (χ2v) is 8.60. The molecule has 114 valence electrons. The largest absolute Gasteiger partial charge is 0.357 e. The molecule has 0 saturated carbocycles. The molecule has 0 spiro atoms. The first kappa shape index (κ1) is 16.6. The summed E-state index contributed by atoms with van der Waals surface area (Å²) in [6, 6.07) is 4.83. The van der Waals surface area contributed by atoms with Gasteiger partial charge in [0, 0.05) is 17.7 Å². The van der Waals surface area contributed by atoms with E-state index in [1.54, 1.807) is 47.7 Å². The molecule has 0 unspecified atom stereocenters. The first-order chi connectivity index (χ1) is 9.82. The Balaban J connectivity index is 2.26. The van der Waals surface area contributed by atoms with Gasteiger partial charge in [-0.3, -0.25) is 9.52 Å². The molecular formula is C13H14ClIN2O3S. The summed E-state index contributed by atoms with van der Waals surface area (Å²) in [5, 5.41) is 3.59. The van der Waals surface area contributed by atoms with Crippen LogP contribution in [0.5, 0.6) is 0 Å². The van der Waals surface area contributed by atoms with Crippen molar-refractivity contribution in [1.29, 1.82) is 0 Å². The summed E-state index contributed by atoms with van der Waals surface area (Å²) in [6.07, 6.45) is 1.14. The molecule has 1 aliphatic carbocycles. The third kappa shape index (κ3) is 4.10. The predicted molar refractivity (Wildman–Crippen MR) is 93.4 cm³/mol. The van der Waals surface area contributed by atoms with Crippen molar-refractivity contribution >= 4 is 61.4 Å². The molecule has 0 amide bonds. The summed E-state index contributed by atoms with van der Waals surface area (Å²) in [5.41, 5.74) is 2.54. The maximum atomic E-state index is 11.6. The minimum atomic E-state index is -3.35. The molecule has 0 bridgehead atoms. The summed E-state index contributed by atoms with van der Waals surface area (Å²) in [5.74, 6) is 0.121. The van der Waals surface area contributed by atoms with Crippen LogP contribution in [0.1, 0.15) is 19.8 Å². The van der Waals surface area contributed by atoms with Crippen LogP contribution in [0, 0.1) is 0 Å². The molecule has 5 nitrogen and oxygen atoms in total. The summed E-state index contributed by atoms with van der Waals surface area (Å²) in [4.78, 5) is 11.5. The molecule has 0 heterocycles. The number of nitrogens with one attached hydrogen (secondary N) is 2. The monoisotopic (exact) mass is 440 g/mol. The van der Waals surface area contributed by atoms with E-state index in [1.807, 2.05) is 0 Å². The Morgan fingerprint density at radius 2 is 2.05 bits per heavy atom. The van der Waals surface area contributed by atoms with Gasteiger partial charge in [-0.1, -0.05) is 34.2 Å². The number of sulfonamides is 1. The van der Waals surface area contributed by atoms with Crippen molar-refractivity contribution in [2.45, 2.75) is 19.8 Å². The molecule has 0 saturated heterocycles. The summed E-state index contributed by atoms with van der Waals surface area (Å²) < 4.78 is 25.6. The van der Waals surface area contributed by atoms with Crippen molar-refractivity contribution < 1.29 is 13.2 Å². The Labute approximate surface area is 142 Å². The molecule has 8 heteroatoms. The van der Waals surface area contributed by atoms with E-state index in [9.17, 15) is 13.2 Å². The molecule has 0 atom stereocenters. The van der Waals surface area contributed by atoms with E-state index in [4.69, 9.17) is 11.6 Å². The average Bonchev–Trinajstić information content (AvgIpc) is 2.74. The average molecular weight is 441 g/mol. The van der Waals surface area contributed by atoms with Crippen LogP contribution < -0.4 is 10.0 Å². The third-order valence-corrected chi connectivity index (χ3v) is 6.77. The van der Waals surface area contributed by atoms with Gasteiger partial charge in [0.05, 0.1) is 16.4 Å². The van der Waals surface area contributed by atoms with Crippen molar-refractivity contribution in [2.75, 3.05) is 13.8 Å². The summed E-state index contributed by atoms with van der Waals surface area (Å²) in [6.45, 7) is 1.77. The quantitative estimate of drug-likeness (QED) is 0.543. The van der Waals surface area contributed by atoms with Gasteiger partial charge in [0.2, 0.25) is 10.0 Å². The van der Waals surface area contributed by atoms with Crippen LogP contribution in [-0.2, 0) is 14.8 Å². The fourth-order valence-corrected chi connectivity index (χ4v) is 3.16. The third-order valence-electron chi connectivity index (χ3n) is 3.14. The lowest BCUT2D eigenvalue weighted by molar-refractivity contribution is -0.114. The number of anilines is 2. The Morgan fingerprint density at radius 3 is 2.62 bits per heavy atom. The second-order valence-electron chi connectivity index (χ2n) is 4.67. The highest BCUT2D eigenvalue weighted by Gasteiger charge is 2.20. The number of alkyl halides is 1. The van der Waals surface area contributed by atoms with Crippen molar-refractivity contribution in [3.05, 3.63) is 34.5 Å². The Bertz CT molecular complexity index is 716. The van der Waals surface area contributed by atoms with Crippen LogP contribution in [0.15, 0.2) is 29.5 Å². The molecule has 1 aromatic rings. The van der Waals surface area contributed by atoms with Crippen molar-refractivity contribution in [3.63, 3.8) is 0 Å². The number of Topliss-reactive ketones (excluding diaryl/α,β-unsaturated/α-hetero) is 1. The van der Waals surface area contributed by atoms with Crippen LogP contribution in [-0.4, -0.2) is 18.0 Å². The topological polar surface area (TPSA) is 75.3 Å². The van der Waals surface area contributed by atoms with Crippen LogP contribution in [0.25, 0.3) is 0 Å². The van der Waals surface area contributed by atoms with Crippen LogP contribution in [0.4, 0.5) is 11.4 Å². The molecule has 21 heavy (non-hydrogen) atoms. The van der Waals surface area contributed by atoms with Gasteiger partial charge in [-0.15, -0.1) is 0 Å². The molecule has 0 aromatic heterocycles. The first-order valence-electron chi connectivity index (χ1n) is 6.18. The van der Waals surface area contributed by atoms with E-state index in [-0.39, 0.29) is 9.54 Å². The number of benzene rings is 1. The highest BCUT2D eigenvalue weighted by Crippen LogP contribution is 2.31. The number of hydrogen-bond donors (Lipinski definition) is 2. The number of rotatable bonds is 5. The van der Waals surface area contributed by atoms with Crippen molar-refractivity contribution in [3.8, 4) is 0 Å². The van der Waals surface area contributed by atoms with E-state index < -0.39 is 10.0 Å². The second kappa shape index (κ2) is 6.53. The zero-order chi connectivity index (χ0) is 15.6. The SMILES string of the molecule is CC1=C(Nc2cc(NS(=O)(=O)CI)ccc2Cl)CCC1=O. The van der Waals surface area contributed by atoms with Gasteiger partial charge >= 0.3 is 0 Å². The van der Waals surface area contributed by atoms with E-state index >= 15 is 0 Å². The zero-order valence-electron chi connectivity index (χ0n) is 11.2. The smallest absolute Gasteiger partial charge is 0.242 e. The molecule has 0 fully saturated rings. The number of ketones is 1. The van der Waals surface area contributed by atoms with Gasteiger partial charge in [0.1, 0.15) is 3.76 Å². The molecule has 1 aromatic carbocycles. The Hall–Kier alpha value is -0.800. The molecule has 2 rings (SSSR count). The summed E-state index contributed by atoms with van der Waals surface area (Å²) in [7, 11) is -3.35. The highest BCUT2D eigenvalue weighted by atomic mass is 127. The van der Waals surface area contributed by atoms with Gasteiger partial charge in [-0.25, -0.2) is 8.42 Å². The maximum Gasteiger partial charge on any atom is 0.242 e. The minimum absolute atomic E-state index is 0.0328. The number of halogens is 2. The van der Waals surface area contributed by atoms with Crippen LogP contribution in [0.3, 0.4) is 0 Å². The van der Waals surface area contributed by atoms with Gasteiger partial charge < -0.3 is 5.32 Å². The fraction of sp³-hybridized carbons (Fsp3) is 0.308. The molecule has 0 radical (unpaired) electrons. The van der Waals surface area contributed by atoms with E-state index in [2.05, 4.69) is 10.0 Å². The lowest BCUT2D eigenvalue weighted by Crippen LogP contribution is -2.13. The van der Waals surface area contributed by atoms with E-state index in [0.717, 1.165) is 5.70 Å². The lowest BCUT2D eigenvalue weighted by atomic mass is 10.2. The number of carbonyl (C=O) groups excluding carboxylic acids is 1. The number of allylic oxidation sites excluding steroid dienone is 2. The number of hydrogen-bond acceptors (Lipinski definition) is 4. The lowest BCUT2D eigenvalue weighted by Gasteiger charge is -2.13. The maximum absolute atomic E-state index is 11.6. The van der Waals surface area contributed by atoms with Crippen LogP contribution in [0.2, 0.25) is 5.02 Å².